The zero-order chi connectivity index (χ0) is 17.8. The average molecular weight is 438 g/mol. The zero-order valence-electron chi connectivity index (χ0n) is 14.3. The van der Waals surface area contributed by atoms with Gasteiger partial charge >= 0.3 is 0 Å². The number of hydrogen-bond acceptors (Lipinski definition) is 1. The molecule has 128 valence electrons. The third-order valence-corrected chi connectivity index (χ3v) is 11.1. The SMILES string of the molecule is Brc1ccsc1C[P+](c1ccccc1)(c1ccccc1)c1ccccc1. The van der Waals surface area contributed by atoms with Gasteiger partial charge in [0.15, 0.2) is 0 Å². The number of benzene rings is 3. The highest BCUT2D eigenvalue weighted by molar-refractivity contribution is 9.10. The van der Waals surface area contributed by atoms with Crippen LogP contribution in [0.1, 0.15) is 4.88 Å². The molecule has 4 aromatic rings. The molecule has 1 aromatic heterocycles. The first kappa shape index (κ1) is 17.7. The maximum absolute atomic E-state index is 3.76. The Balaban J connectivity index is 2.02. The van der Waals surface area contributed by atoms with Crippen LogP contribution in [-0.2, 0) is 6.16 Å². The summed E-state index contributed by atoms with van der Waals surface area (Å²) in [5.74, 6) is 0. The van der Waals surface area contributed by atoms with Gasteiger partial charge in [0.1, 0.15) is 29.3 Å². The van der Waals surface area contributed by atoms with E-state index in [-0.39, 0.29) is 0 Å². The first-order valence-corrected chi connectivity index (χ1v) is 12.2. The van der Waals surface area contributed by atoms with E-state index >= 15 is 0 Å². The summed E-state index contributed by atoms with van der Waals surface area (Å²) >= 11 is 5.61. The van der Waals surface area contributed by atoms with E-state index in [1.165, 1.54) is 25.3 Å². The second kappa shape index (κ2) is 7.88. The minimum absolute atomic E-state index is 1.03. The van der Waals surface area contributed by atoms with Gasteiger partial charge in [-0.15, -0.1) is 11.3 Å². The second-order valence-electron chi connectivity index (χ2n) is 6.17. The molecule has 0 aliphatic rings. The molecular weight excluding hydrogens is 419 g/mol. The van der Waals surface area contributed by atoms with Gasteiger partial charge in [-0.25, -0.2) is 0 Å². The van der Waals surface area contributed by atoms with Crippen LogP contribution in [0.15, 0.2) is 107 Å². The molecule has 0 saturated carbocycles. The molecule has 3 heteroatoms. The van der Waals surface area contributed by atoms with Crippen LogP contribution in [0.4, 0.5) is 0 Å². The quantitative estimate of drug-likeness (QED) is 0.335. The fraction of sp³-hybridized carbons (Fsp3) is 0.0435. The maximum Gasteiger partial charge on any atom is 0.117 e. The van der Waals surface area contributed by atoms with Gasteiger partial charge in [-0.2, -0.15) is 0 Å². The fourth-order valence-corrected chi connectivity index (χ4v) is 9.88. The highest BCUT2D eigenvalue weighted by atomic mass is 79.9. The van der Waals surface area contributed by atoms with E-state index in [0.717, 1.165) is 6.16 Å². The highest BCUT2D eigenvalue weighted by Gasteiger charge is 2.45. The third-order valence-electron chi connectivity index (χ3n) is 4.66. The van der Waals surface area contributed by atoms with Crippen molar-refractivity contribution in [2.45, 2.75) is 6.16 Å². The molecule has 0 radical (unpaired) electrons. The molecule has 0 N–H and O–H groups in total. The van der Waals surface area contributed by atoms with Crippen molar-refractivity contribution in [2.75, 3.05) is 0 Å². The molecule has 0 atom stereocenters. The highest BCUT2D eigenvalue weighted by Crippen LogP contribution is 2.59. The Morgan fingerprint density at radius 2 is 1.04 bits per heavy atom. The van der Waals surface area contributed by atoms with Crippen molar-refractivity contribution < 1.29 is 0 Å². The van der Waals surface area contributed by atoms with Gasteiger partial charge in [-0.3, -0.25) is 0 Å². The van der Waals surface area contributed by atoms with Crippen molar-refractivity contribution in [3.05, 3.63) is 112 Å². The smallest absolute Gasteiger partial charge is 0.117 e. The molecule has 0 unspecified atom stereocenters. The maximum atomic E-state index is 3.76. The summed E-state index contributed by atoms with van der Waals surface area (Å²) in [5.41, 5.74) is 0. The summed E-state index contributed by atoms with van der Waals surface area (Å²) in [7, 11) is -1.79. The van der Waals surface area contributed by atoms with E-state index in [1.807, 2.05) is 11.3 Å². The van der Waals surface area contributed by atoms with Gasteiger partial charge in [-0.1, -0.05) is 54.6 Å². The molecule has 0 amide bonds. The Labute approximate surface area is 168 Å². The Kier molecular flexibility index (Phi) is 5.36. The van der Waals surface area contributed by atoms with Gasteiger partial charge in [-0.05, 0) is 63.8 Å². The zero-order valence-corrected chi connectivity index (χ0v) is 17.6. The summed E-state index contributed by atoms with van der Waals surface area (Å²) in [6, 6.07) is 35.3. The number of hydrogen-bond donors (Lipinski definition) is 0. The first-order chi connectivity index (χ1) is 12.8. The van der Waals surface area contributed by atoms with Gasteiger partial charge in [0.05, 0.1) is 4.88 Å². The van der Waals surface area contributed by atoms with Crippen LogP contribution < -0.4 is 15.9 Å². The van der Waals surface area contributed by atoms with Crippen molar-refractivity contribution in [3.63, 3.8) is 0 Å². The lowest BCUT2D eigenvalue weighted by Crippen LogP contribution is -2.32. The van der Waals surface area contributed by atoms with Crippen molar-refractivity contribution in [3.8, 4) is 0 Å². The van der Waals surface area contributed by atoms with Gasteiger partial charge in [0.2, 0.25) is 0 Å². The Morgan fingerprint density at radius 1 is 0.615 bits per heavy atom. The average Bonchev–Trinajstić information content (AvgIpc) is 3.12. The Hall–Kier alpha value is -1.73. The number of thiophene rings is 1. The van der Waals surface area contributed by atoms with Gasteiger partial charge in [0.25, 0.3) is 0 Å². The van der Waals surface area contributed by atoms with E-state index in [4.69, 9.17) is 0 Å². The molecule has 0 fully saturated rings. The van der Waals surface area contributed by atoms with Crippen LogP contribution >= 0.6 is 34.5 Å². The normalized spacial score (nSPS) is 11.4. The third kappa shape index (κ3) is 3.30. The van der Waals surface area contributed by atoms with Crippen molar-refractivity contribution in [2.24, 2.45) is 0 Å². The lowest BCUT2D eigenvalue weighted by Gasteiger charge is -2.27. The molecule has 1 heterocycles. The lowest BCUT2D eigenvalue weighted by atomic mass is 10.4. The molecule has 0 bridgehead atoms. The second-order valence-corrected chi connectivity index (χ2v) is 11.5. The predicted molar refractivity (Wildman–Crippen MR) is 121 cm³/mol. The number of rotatable bonds is 5. The van der Waals surface area contributed by atoms with Crippen LogP contribution in [0, 0.1) is 0 Å². The summed E-state index contributed by atoms with van der Waals surface area (Å²) in [6.07, 6.45) is 1.03. The first-order valence-electron chi connectivity index (χ1n) is 8.57. The summed E-state index contributed by atoms with van der Waals surface area (Å²) < 4.78 is 1.22. The largest absolute Gasteiger partial charge is 0.144 e. The molecule has 0 aliphatic carbocycles. The molecule has 0 aliphatic heterocycles. The van der Waals surface area contributed by atoms with E-state index in [9.17, 15) is 0 Å². The Morgan fingerprint density at radius 3 is 1.38 bits per heavy atom. The minimum Gasteiger partial charge on any atom is -0.144 e. The van der Waals surface area contributed by atoms with Gasteiger partial charge < -0.3 is 0 Å². The Bertz CT molecular complexity index is 868. The van der Waals surface area contributed by atoms with Crippen LogP contribution in [0.5, 0.6) is 0 Å². The standard InChI is InChI=1S/C23H19BrPS/c24-22-16-17-26-23(22)18-25(19-10-4-1-5-11-19,20-12-6-2-7-13-20)21-14-8-3-9-15-21/h1-17H,18H2/q+1. The monoisotopic (exact) mass is 437 g/mol. The molecular formula is C23H19BrPS+. The van der Waals surface area contributed by atoms with Crippen molar-refractivity contribution in [1.29, 1.82) is 0 Å². The molecule has 0 saturated heterocycles. The van der Waals surface area contributed by atoms with Crippen LogP contribution in [0.3, 0.4) is 0 Å². The number of halogens is 1. The molecule has 0 nitrogen and oxygen atoms in total. The van der Waals surface area contributed by atoms with E-state index < -0.39 is 7.26 Å². The molecule has 3 aromatic carbocycles. The molecule has 4 rings (SSSR count). The summed E-state index contributed by atoms with van der Waals surface area (Å²) in [4.78, 5) is 1.41. The van der Waals surface area contributed by atoms with Gasteiger partial charge in [0, 0.05) is 4.47 Å². The van der Waals surface area contributed by atoms with E-state index in [2.05, 4.69) is 118 Å². The summed E-state index contributed by atoms with van der Waals surface area (Å²) in [6.45, 7) is 0. The lowest BCUT2D eigenvalue weighted by molar-refractivity contribution is 1.47. The van der Waals surface area contributed by atoms with E-state index in [1.54, 1.807) is 0 Å². The molecule has 0 spiro atoms. The van der Waals surface area contributed by atoms with Crippen molar-refractivity contribution in [1.82, 2.24) is 0 Å². The van der Waals surface area contributed by atoms with Crippen LogP contribution in [0.2, 0.25) is 0 Å². The van der Waals surface area contributed by atoms with Crippen LogP contribution in [-0.4, -0.2) is 0 Å². The molecule has 26 heavy (non-hydrogen) atoms. The summed E-state index contributed by atoms with van der Waals surface area (Å²) in [5, 5.41) is 6.46. The van der Waals surface area contributed by atoms with Crippen LogP contribution in [0.25, 0.3) is 0 Å². The minimum atomic E-state index is -1.79. The topological polar surface area (TPSA) is 0 Å². The fourth-order valence-electron chi connectivity index (χ4n) is 3.42. The predicted octanol–water partition coefficient (Wildman–Crippen LogP) is 6.00. The van der Waals surface area contributed by atoms with E-state index in [0.29, 0.717) is 0 Å². The van der Waals surface area contributed by atoms with Crippen molar-refractivity contribution >= 4 is 50.4 Å².